The van der Waals surface area contributed by atoms with Crippen molar-refractivity contribution in [3.8, 4) is 11.4 Å². The van der Waals surface area contributed by atoms with Crippen molar-refractivity contribution < 1.29 is 9.26 Å². The molecule has 22 heavy (non-hydrogen) atoms. The van der Waals surface area contributed by atoms with Crippen molar-refractivity contribution in [3.05, 3.63) is 70.6 Å². The van der Waals surface area contributed by atoms with Crippen molar-refractivity contribution >= 4 is 11.6 Å². The van der Waals surface area contributed by atoms with Gasteiger partial charge in [0.25, 0.3) is 5.89 Å². The Bertz CT molecular complexity index is 771. The number of aromatic nitrogens is 2. The van der Waals surface area contributed by atoms with Gasteiger partial charge in [-0.1, -0.05) is 59.2 Å². The second kappa shape index (κ2) is 6.30. The molecule has 0 unspecified atom stereocenters. The second-order valence-electron chi connectivity index (χ2n) is 4.95. The van der Waals surface area contributed by atoms with Crippen LogP contribution in [0.25, 0.3) is 11.4 Å². The maximum Gasteiger partial charge on any atom is 0.260 e. The highest BCUT2D eigenvalue weighted by Crippen LogP contribution is 2.27. The Morgan fingerprint density at radius 3 is 2.59 bits per heavy atom. The first kappa shape index (κ1) is 14.8. The minimum Gasteiger partial charge on any atom is -0.367 e. The molecule has 3 rings (SSSR count). The molecule has 0 saturated heterocycles. The van der Waals surface area contributed by atoms with Gasteiger partial charge in [0.1, 0.15) is 0 Å². The molecular formula is C17H15ClN2O2. The summed E-state index contributed by atoms with van der Waals surface area (Å²) in [5.41, 5.74) is 2.78. The molecule has 0 saturated carbocycles. The van der Waals surface area contributed by atoms with Gasteiger partial charge < -0.3 is 9.26 Å². The van der Waals surface area contributed by atoms with Crippen LogP contribution < -0.4 is 0 Å². The summed E-state index contributed by atoms with van der Waals surface area (Å²) in [6.07, 6.45) is -0.386. The molecular weight excluding hydrogens is 300 g/mol. The smallest absolute Gasteiger partial charge is 0.260 e. The van der Waals surface area contributed by atoms with E-state index in [1.54, 1.807) is 7.11 Å². The largest absolute Gasteiger partial charge is 0.367 e. The Morgan fingerprint density at radius 1 is 1.14 bits per heavy atom. The fraction of sp³-hybridized carbons (Fsp3) is 0.176. The first-order valence-corrected chi connectivity index (χ1v) is 7.24. The van der Waals surface area contributed by atoms with Gasteiger partial charge in [0.2, 0.25) is 5.82 Å². The highest BCUT2D eigenvalue weighted by molar-refractivity contribution is 6.31. The number of benzene rings is 2. The Morgan fingerprint density at radius 2 is 1.91 bits per heavy atom. The quantitative estimate of drug-likeness (QED) is 0.714. The third-order valence-corrected chi connectivity index (χ3v) is 3.84. The van der Waals surface area contributed by atoms with Crippen molar-refractivity contribution in [2.75, 3.05) is 7.11 Å². The van der Waals surface area contributed by atoms with Crippen LogP contribution in [-0.4, -0.2) is 17.3 Å². The molecule has 0 radical (unpaired) electrons. The molecule has 0 amide bonds. The average molecular weight is 315 g/mol. The minimum atomic E-state index is -0.386. The van der Waals surface area contributed by atoms with Crippen LogP contribution in [0.3, 0.4) is 0 Å². The summed E-state index contributed by atoms with van der Waals surface area (Å²) in [4.78, 5) is 4.44. The molecule has 5 heteroatoms. The molecule has 0 bridgehead atoms. The summed E-state index contributed by atoms with van der Waals surface area (Å²) in [6, 6.07) is 15.4. The number of hydrogen-bond acceptors (Lipinski definition) is 4. The Balaban J connectivity index is 1.94. The molecule has 0 fully saturated rings. The molecule has 1 atom stereocenters. The minimum absolute atomic E-state index is 0.386. The molecule has 4 nitrogen and oxygen atoms in total. The van der Waals surface area contributed by atoms with Crippen LogP contribution in [0, 0.1) is 6.92 Å². The van der Waals surface area contributed by atoms with E-state index in [4.69, 9.17) is 20.9 Å². The predicted octanol–water partition coefficient (Wildman–Crippen LogP) is 4.43. The Labute approximate surface area is 133 Å². The summed E-state index contributed by atoms with van der Waals surface area (Å²) < 4.78 is 10.9. The first-order chi connectivity index (χ1) is 10.7. The van der Waals surface area contributed by atoms with Crippen molar-refractivity contribution in [3.63, 3.8) is 0 Å². The van der Waals surface area contributed by atoms with Crippen molar-refractivity contribution in [1.29, 1.82) is 0 Å². The van der Waals surface area contributed by atoms with Crippen molar-refractivity contribution in [1.82, 2.24) is 10.1 Å². The molecule has 2 aromatic carbocycles. The van der Waals surface area contributed by atoms with E-state index in [1.165, 1.54) is 0 Å². The lowest BCUT2D eigenvalue weighted by molar-refractivity contribution is 0.105. The van der Waals surface area contributed by atoms with E-state index in [-0.39, 0.29) is 6.10 Å². The van der Waals surface area contributed by atoms with Crippen molar-refractivity contribution in [2.45, 2.75) is 13.0 Å². The zero-order valence-corrected chi connectivity index (χ0v) is 13.0. The standard InChI is InChI=1S/C17H15ClN2O2/c1-11-8-9-13(10-14(11)18)16-19-17(22-20-16)15(21-2)12-6-4-3-5-7-12/h3-10,15H,1-2H3/t15-/m0/s1. The first-order valence-electron chi connectivity index (χ1n) is 6.87. The van der Waals surface area contributed by atoms with Gasteiger partial charge in [-0.05, 0) is 24.1 Å². The maximum absolute atomic E-state index is 6.15. The molecule has 0 spiro atoms. The van der Waals surface area contributed by atoms with Crippen LogP contribution in [0.2, 0.25) is 5.02 Å². The Kier molecular flexibility index (Phi) is 4.22. The Hall–Kier alpha value is -2.17. The maximum atomic E-state index is 6.15. The van der Waals surface area contributed by atoms with E-state index in [1.807, 2.05) is 55.5 Å². The van der Waals surface area contributed by atoms with Gasteiger partial charge in [-0.2, -0.15) is 4.98 Å². The van der Waals surface area contributed by atoms with Crippen molar-refractivity contribution in [2.24, 2.45) is 0 Å². The summed E-state index contributed by atoms with van der Waals surface area (Å²) in [5.74, 6) is 0.912. The number of ether oxygens (including phenoxy) is 1. The summed E-state index contributed by atoms with van der Waals surface area (Å²) in [5, 5.41) is 4.70. The number of hydrogen-bond donors (Lipinski definition) is 0. The number of methoxy groups -OCH3 is 1. The van der Waals surface area contributed by atoms with Gasteiger partial charge in [-0.15, -0.1) is 0 Å². The predicted molar refractivity (Wildman–Crippen MR) is 84.8 cm³/mol. The molecule has 1 heterocycles. The molecule has 1 aromatic heterocycles. The van der Waals surface area contributed by atoms with Crippen LogP contribution >= 0.6 is 11.6 Å². The van der Waals surface area contributed by atoms with Gasteiger partial charge in [-0.25, -0.2) is 0 Å². The number of nitrogens with zero attached hydrogens (tertiary/aromatic N) is 2. The number of aryl methyl sites for hydroxylation is 1. The van der Waals surface area contributed by atoms with Gasteiger partial charge >= 0.3 is 0 Å². The normalized spacial score (nSPS) is 12.3. The van der Waals surface area contributed by atoms with E-state index in [2.05, 4.69) is 10.1 Å². The van der Waals surface area contributed by atoms with Crippen LogP contribution in [0.4, 0.5) is 0 Å². The van der Waals surface area contributed by atoms with E-state index >= 15 is 0 Å². The lowest BCUT2D eigenvalue weighted by Crippen LogP contribution is -2.03. The molecule has 0 aliphatic rings. The van der Waals surface area contributed by atoms with Gasteiger partial charge in [0, 0.05) is 17.7 Å². The highest BCUT2D eigenvalue weighted by atomic mass is 35.5. The lowest BCUT2D eigenvalue weighted by atomic mass is 10.1. The van der Waals surface area contributed by atoms with E-state index < -0.39 is 0 Å². The molecule has 112 valence electrons. The van der Waals surface area contributed by atoms with Crippen LogP contribution in [-0.2, 0) is 4.74 Å². The lowest BCUT2D eigenvalue weighted by Gasteiger charge is -2.10. The fourth-order valence-corrected chi connectivity index (χ4v) is 2.38. The summed E-state index contributed by atoms with van der Waals surface area (Å²) >= 11 is 6.15. The zero-order valence-electron chi connectivity index (χ0n) is 12.3. The third kappa shape index (κ3) is 2.89. The van der Waals surface area contributed by atoms with E-state index in [9.17, 15) is 0 Å². The van der Waals surface area contributed by atoms with E-state index in [0.717, 1.165) is 16.7 Å². The average Bonchev–Trinajstić information content (AvgIpc) is 3.01. The molecule has 0 aliphatic carbocycles. The van der Waals surface area contributed by atoms with Crippen LogP contribution in [0.5, 0.6) is 0 Å². The summed E-state index contributed by atoms with van der Waals surface area (Å²) in [6.45, 7) is 1.95. The third-order valence-electron chi connectivity index (χ3n) is 3.43. The van der Waals surface area contributed by atoms with Crippen LogP contribution in [0.15, 0.2) is 53.1 Å². The van der Waals surface area contributed by atoms with Gasteiger partial charge in [0.15, 0.2) is 6.10 Å². The topological polar surface area (TPSA) is 48.2 Å². The van der Waals surface area contributed by atoms with Gasteiger partial charge in [0.05, 0.1) is 0 Å². The zero-order chi connectivity index (χ0) is 15.5. The monoisotopic (exact) mass is 314 g/mol. The molecule has 0 N–H and O–H groups in total. The number of halogens is 1. The SMILES string of the molecule is CO[C@@H](c1ccccc1)c1nc(-c2ccc(C)c(Cl)c2)no1. The fourth-order valence-electron chi connectivity index (χ4n) is 2.20. The summed E-state index contributed by atoms with van der Waals surface area (Å²) in [7, 11) is 1.62. The van der Waals surface area contributed by atoms with Crippen LogP contribution in [0.1, 0.15) is 23.1 Å². The number of rotatable bonds is 4. The highest BCUT2D eigenvalue weighted by Gasteiger charge is 2.21. The second-order valence-corrected chi connectivity index (χ2v) is 5.35. The molecule has 0 aliphatic heterocycles. The van der Waals surface area contributed by atoms with E-state index in [0.29, 0.717) is 16.7 Å². The molecule has 3 aromatic rings. The van der Waals surface area contributed by atoms with Gasteiger partial charge in [-0.3, -0.25) is 0 Å².